The van der Waals surface area contributed by atoms with Gasteiger partial charge in [-0.15, -0.1) is 0 Å². The van der Waals surface area contributed by atoms with Crippen LogP contribution in [0.5, 0.6) is 0 Å². The number of thiocarbonyl (C=S) groups is 1. The largest absolute Gasteiger partial charge is 0.364 e. The highest BCUT2D eigenvalue weighted by atomic mass is 35.5. The van der Waals surface area contributed by atoms with Crippen LogP contribution in [0.4, 0.5) is 5.69 Å². The van der Waals surface area contributed by atoms with Crippen molar-refractivity contribution >= 4 is 46.2 Å². The first kappa shape index (κ1) is 17.4. The standard InChI is InChI=1S/C18H17ClN4OS/c1-20-18(25)22(2)21-16-13-8-4-6-10-15(13)23(17(16)24)11-12-7-3-5-9-14(12)19/h3-10H,11H2,1-2H3,(H,20,25). The predicted molar refractivity (Wildman–Crippen MR) is 105 cm³/mol. The van der Waals surface area contributed by atoms with Gasteiger partial charge >= 0.3 is 0 Å². The van der Waals surface area contributed by atoms with Crippen molar-refractivity contribution in [3.05, 3.63) is 64.7 Å². The fourth-order valence-electron chi connectivity index (χ4n) is 2.67. The van der Waals surface area contributed by atoms with Crippen LogP contribution < -0.4 is 10.2 Å². The molecule has 0 radical (unpaired) electrons. The molecule has 0 bridgehead atoms. The molecule has 1 heterocycles. The third kappa shape index (κ3) is 3.36. The van der Waals surface area contributed by atoms with Gasteiger partial charge in [0.15, 0.2) is 10.8 Å². The van der Waals surface area contributed by atoms with E-state index in [1.807, 2.05) is 48.5 Å². The molecule has 3 rings (SSSR count). The third-order valence-electron chi connectivity index (χ3n) is 3.94. The fourth-order valence-corrected chi connectivity index (χ4v) is 2.91. The fraction of sp³-hybridized carbons (Fsp3) is 0.167. The molecular weight excluding hydrogens is 356 g/mol. The number of fused-ring (bicyclic) bond motifs is 1. The van der Waals surface area contributed by atoms with Crippen molar-refractivity contribution in [3.63, 3.8) is 0 Å². The molecule has 25 heavy (non-hydrogen) atoms. The van der Waals surface area contributed by atoms with Gasteiger partial charge in [0, 0.05) is 24.7 Å². The lowest BCUT2D eigenvalue weighted by atomic mass is 10.1. The number of hydrazone groups is 1. The number of nitrogens with one attached hydrogen (secondary N) is 1. The van der Waals surface area contributed by atoms with Crippen LogP contribution in [0.2, 0.25) is 5.02 Å². The average molecular weight is 373 g/mol. The van der Waals surface area contributed by atoms with Gasteiger partial charge in [0.2, 0.25) is 0 Å². The van der Waals surface area contributed by atoms with E-state index in [1.165, 1.54) is 5.01 Å². The quantitative estimate of drug-likeness (QED) is 0.664. The molecule has 1 aliphatic rings. The van der Waals surface area contributed by atoms with E-state index >= 15 is 0 Å². The monoisotopic (exact) mass is 372 g/mol. The van der Waals surface area contributed by atoms with Gasteiger partial charge < -0.3 is 10.2 Å². The summed E-state index contributed by atoms with van der Waals surface area (Å²) in [5.41, 5.74) is 2.84. The topological polar surface area (TPSA) is 47.9 Å². The molecule has 0 spiro atoms. The number of hydrogen-bond donors (Lipinski definition) is 1. The number of hydrogen-bond acceptors (Lipinski definition) is 3. The summed E-state index contributed by atoms with van der Waals surface area (Å²) in [4.78, 5) is 14.7. The van der Waals surface area contributed by atoms with Gasteiger partial charge in [-0.05, 0) is 29.9 Å². The van der Waals surface area contributed by atoms with Crippen molar-refractivity contribution in [1.29, 1.82) is 0 Å². The Bertz CT molecular complexity index is 868. The highest BCUT2D eigenvalue weighted by Gasteiger charge is 2.34. The Labute approximate surface area is 156 Å². The Morgan fingerprint density at radius 2 is 1.92 bits per heavy atom. The van der Waals surface area contributed by atoms with E-state index in [9.17, 15) is 4.79 Å². The summed E-state index contributed by atoms with van der Waals surface area (Å²) in [6, 6.07) is 15.1. The van der Waals surface area contributed by atoms with E-state index in [2.05, 4.69) is 10.4 Å². The normalized spacial score (nSPS) is 14.6. The van der Waals surface area contributed by atoms with Crippen LogP contribution in [0.15, 0.2) is 53.6 Å². The third-order valence-corrected chi connectivity index (χ3v) is 4.78. The lowest BCUT2D eigenvalue weighted by molar-refractivity contribution is -0.112. The van der Waals surface area contributed by atoms with Crippen LogP contribution >= 0.6 is 23.8 Å². The summed E-state index contributed by atoms with van der Waals surface area (Å²) < 4.78 is 0. The van der Waals surface area contributed by atoms with Crippen molar-refractivity contribution in [2.45, 2.75) is 6.54 Å². The zero-order valence-corrected chi connectivity index (χ0v) is 15.4. The molecular formula is C18H17ClN4OS. The summed E-state index contributed by atoms with van der Waals surface area (Å²) in [6.45, 7) is 0.384. The maximum absolute atomic E-state index is 13.0. The zero-order chi connectivity index (χ0) is 18.0. The molecule has 1 amide bonds. The number of benzene rings is 2. The molecule has 5 nitrogen and oxygen atoms in total. The Morgan fingerprint density at radius 1 is 1.24 bits per heavy atom. The van der Waals surface area contributed by atoms with Crippen molar-refractivity contribution in [2.75, 3.05) is 19.0 Å². The van der Waals surface area contributed by atoms with E-state index in [0.717, 1.165) is 16.8 Å². The lowest BCUT2D eigenvalue weighted by Crippen LogP contribution is -2.34. The first-order valence-corrected chi connectivity index (χ1v) is 8.50. The minimum atomic E-state index is -0.174. The van der Waals surface area contributed by atoms with Crippen LogP contribution in [-0.2, 0) is 11.3 Å². The second kappa shape index (κ2) is 7.21. The molecule has 0 atom stereocenters. The van der Waals surface area contributed by atoms with Gasteiger partial charge in [0.05, 0.1) is 12.2 Å². The molecule has 2 aromatic rings. The van der Waals surface area contributed by atoms with Gasteiger partial charge in [0.25, 0.3) is 5.91 Å². The first-order valence-electron chi connectivity index (χ1n) is 7.71. The Balaban J connectivity index is 2.00. The molecule has 1 N–H and O–H groups in total. The van der Waals surface area contributed by atoms with Crippen molar-refractivity contribution in [2.24, 2.45) is 5.10 Å². The zero-order valence-electron chi connectivity index (χ0n) is 13.9. The molecule has 1 aliphatic heterocycles. The van der Waals surface area contributed by atoms with Gasteiger partial charge in [-0.25, -0.2) is 5.01 Å². The molecule has 0 aliphatic carbocycles. The Kier molecular flexibility index (Phi) is 5.01. The minimum Gasteiger partial charge on any atom is -0.364 e. The van der Waals surface area contributed by atoms with Gasteiger partial charge in [0.1, 0.15) is 0 Å². The number of rotatable bonds is 3. The van der Waals surface area contributed by atoms with E-state index in [1.54, 1.807) is 19.0 Å². The van der Waals surface area contributed by atoms with E-state index in [0.29, 0.717) is 22.4 Å². The summed E-state index contributed by atoms with van der Waals surface area (Å²) in [6.07, 6.45) is 0. The van der Waals surface area contributed by atoms with E-state index in [4.69, 9.17) is 23.8 Å². The van der Waals surface area contributed by atoms with Gasteiger partial charge in [-0.2, -0.15) is 5.10 Å². The minimum absolute atomic E-state index is 0.174. The number of halogens is 1. The summed E-state index contributed by atoms with van der Waals surface area (Å²) in [7, 11) is 3.42. The number of nitrogens with zero attached hydrogens (tertiary/aromatic N) is 3. The summed E-state index contributed by atoms with van der Waals surface area (Å²) >= 11 is 11.4. The van der Waals surface area contributed by atoms with Crippen LogP contribution in [0.3, 0.4) is 0 Å². The van der Waals surface area contributed by atoms with Gasteiger partial charge in [-0.1, -0.05) is 48.0 Å². The highest BCUT2D eigenvalue weighted by Crippen LogP contribution is 2.31. The number of anilines is 1. The van der Waals surface area contributed by atoms with Crippen LogP contribution in [0, 0.1) is 0 Å². The number of amides is 1. The summed E-state index contributed by atoms with van der Waals surface area (Å²) in [5.74, 6) is -0.174. The Morgan fingerprint density at radius 3 is 2.64 bits per heavy atom. The number of carbonyl (C=O) groups excluding carboxylic acids is 1. The van der Waals surface area contributed by atoms with Crippen molar-refractivity contribution in [1.82, 2.24) is 10.3 Å². The smallest absolute Gasteiger partial charge is 0.279 e. The molecule has 7 heteroatoms. The second-order valence-corrected chi connectivity index (χ2v) is 6.32. The maximum Gasteiger partial charge on any atom is 0.279 e. The predicted octanol–water partition coefficient (Wildman–Crippen LogP) is 3.03. The molecule has 0 aromatic heterocycles. The average Bonchev–Trinajstić information content (AvgIpc) is 2.88. The number of carbonyl (C=O) groups is 1. The second-order valence-electron chi connectivity index (χ2n) is 5.53. The molecule has 0 unspecified atom stereocenters. The highest BCUT2D eigenvalue weighted by molar-refractivity contribution is 7.80. The van der Waals surface area contributed by atoms with Crippen LogP contribution in [0.1, 0.15) is 11.1 Å². The maximum atomic E-state index is 13.0. The lowest BCUT2D eigenvalue weighted by Gasteiger charge is -2.18. The van der Waals surface area contributed by atoms with Crippen molar-refractivity contribution < 1.29 is 4.79 Å². The molecule has 2 aromatic carbocycles. The van der Waals surface area contributed by atoms with Crippen LogP contribution in [0.25, 0.3) is 0 Å². The SMILES string of the molecule is CNC(=S)N(C)N=C1C(=O)N(Cc2ccccc2Cl)c2ccccc21. The molecule has 0 saturated carbocycles. The van der Waals surface area contributed by atoms with E-state index in [-0.39, 0.29) is 5.91 Å². The van der Waals surface area contributed by atoms with Crippen molar-refractivity contribution in [3.8, 4) is 0 Å². The first-order chi connectivity index (χ1) is 12.0. The van der Waals surface area contributed by atoms with Gasteiger partial charge in [-0.3, -0.25) is 4.79 Å². The molecule has 128 valence electrons. The molecule has 0 fully saturated rings. The molecule has 0 saturated heterocycles. The van der Waals surface area contributed by atoms with Crippen LogP contribution in [-0.4, -0.2) is 35.8 Å². The van der Waals surface area contributed by atoms with E-state index < -0.39 is 0 Å². The summed E-state index contributed by atoms with van der Waals surface area (Å²) in [5, 5.41) is 9.80. The Hall–Kier alpha value is -2.44. The number of para-hydroxylation sites is 1.